The monoisotopic (exact) mass is 666 g/mol. The van der Waals surface area contributed by atoms with Crippen LogP contribution < -0.4 is 4.74 Å². The van der Waals surface area contributed by atoms with E-state index in [1.165, 1.54) is 0 Å². The van der Waals surface area contributed by atoms with Crippen molar-refractivity contribution in [2.45, 2.75) is 13.8 Å². The number of aliphatic imine (C=N–C) groups is 2. The van der Waals surface area contributed by atoms with Gasteiger partial charge in [0.2, 0.25) is 11.8 Å². The molecule has 4 aromatic heterocycles. The van der Waals surface area contributed by atoms with Crippen LogP contribution in [0.2, 0.25) is 0 Å². The van der Waals surface area contributed by atoms with Crippen molar-refractivity contribution >= 4 is 57.2 Å². The van der Waals surface area contributed by atoms with Crippen molar-refractivity contribution in [1.82, 2.24) is 18.8 Å². The summed E-state index contributed by atoms with van der Waals surface area (Å²) in [5, 5.41) is 42.2. The molecular formula is C40H26N8O3. The Labute approximate surface area is 290 Å². The first-order chi connectivity index (χ1) is 24.9. The maximum atomic E-state index is 11.2. The first kappa shape index (κ1) is 30.8. The number of imidazole rings is 2. The van der Waals surface area contributed by atoms with Crippen LogP contribution >= 0.6 is 0 Å². The van der Waals surface area contributed by atoms with E-state index in [0.717, 1.165) is 0 Å². The van der Waals surface area contributed by atoms with Gasteiger partial charge in [-0.05, 0) is 97.8 Å². The van der Waals surface area contributed by atoms with Gasteiger partial charge in [-0.2, -0.15) is 10.5 Å². The van der Waals surface area contributed by atoms with Gasteiger partial charge in [-0.25, -0.2) is 9.97 Å². The van der Waals surface area contributed by atoms with Gasteiger partial charge in [0.05, 0.1) is 55.7 Å². The fourth-order valence-electron chi connectivity index (χ4n) is 6.19. The lowest BCUT2D eigenvalue weighted by Gasteiger charge is -2.10. The van der Waals surface area contributed by atoms with E-state index in [2.05, 4.69) is 32.1 Å². The molecule has 2 N–H and O–H groups in total. The van der Waals surface area contributed by atoms with Crippen LogP contribution in [-0.4, -0.2) is 41.4 Å². The first-order valence-corrected chi connectivity index (χ1v) is 15.9. The number of aromatic nitrogens is 4. The molecule has 0 fully saturated rings. The Hall–Kier alpha value is -7.50. The van der Waals surface area contributed by atoms with Crippen molar-refractivity contribution in [2.24, 2.45) is 9.98 Å². The van der Waals surface area contributed by atoms with Crippen LogP contribution in [0.15, 0.2) is 107 Å². The van der Waals surface area contributed by atoms with Crippen LogP contribution in [0.1, 0.15) is 33.4 Å². The lowest BCUT2D eigenvalue weighted by Crippen LogP contribution is -2.00. The van der Waals surface area contributed by atoms with Gasteiger partial charge in [0.1, 0.15) is 23.6 Å². The van der Waals surface area contributed by atoms with E-state index in [0.29, 0.717) is 89.6 Å². The number of nitriles is 2. The molecule has 0 spiro atoms. The molecule has 244 valence electrons. The number of para-hydroxylation sites is 4. The molecule has 0 bridgehead atoms. The van der Waals surface area contributed by atoms with Crippen LogP contribution in [-0.2, 0) is 0 Å². The smallest absolute Gasteiger partial charge is 0.206 e. The standard InChI is InChI=1S/C40H26N8O3/c1-23-29(19-41)37-45-33-7-3-5-9-35(33)47(37)39(49)31(23)21-43-25-11-15-27(16-12-25)51-28-17-13-26(14-18-28)44-22-32-24(2)30(20-42)38-46-34-8-4-6-10-36(34)48(38)40(32)50/h3-18,21-22,49-50H,1-2H3. The molecule has 0 atom stereocenters. The summed E-state index contributed by atoms with van der Waals surface area (Å²) < 4.78 is 9.19. The lowest BCUT2D eigenvalue weighted by molar-refractivity contribution is 0.446. The Morgan fingerprint density at radius 3 is 1.39 bits per heavy atom. The molecule has 0 aliphatic rings. The predicted molar refractivity (Wildman–Crippen MR) is 195 cm³/mol. The highest BCUT2D eigenvalue weighted by atomic mass is 16.5. The van der Waals surface area contributed by atoms with Gasteiger partial charge >= 0.3 is 0 Å². The number of aromatic hydroxyl groups is 2. The van der Waals surface area contributed by atoms with Gasteiger partial charge in [-0.3, -0.25) is 18.8 Å². The maximum absolute atomic E-state index is 11.2. The van der Waals surface area contributed by atoms with Crippen molar-refractivity contribution in [1.29, 1.82) is 10.5 Å². The second-order valence-corrected chi connectivity index (χ2v) is 11.8. The largest absolute Gasteiger partial charge is 0.494 e. The Kier molecular flexibility index (Phi) is 7.36. The molecule has 4 aromatic carbocycles. The summed E-state index contributed by atoms with van der Waals surface area (Å²) in [4.78, 5) is 18.2. The Morgan fingerprint density at radius 1 is 0.608 bits per heavy atom. The number of hydrogen-bond donors (Lipinski definition) is 2. The molecule has 0 unspecified atom stereocenters. The molecule has 0 saturated heterocycles. The van der Waals surface area contributed by atoms with Gasteiger partial charge in [0, 0.05) is 12.4 Å². The van der Waals surface area contributed by atoms with E-state index < -0.39 is 0 Å². The minimum atomic E-state index is -0.0431. The molecule has 11 nitrogen and oxygen atoms in total. The van der Waals surface area contributed by atoms with E-state index >= 15 is 0 Å². The molecular weight excluding hydrogens is 640 g/mol. The summed E-state index contributed by atoms with van der Waals surface area (Å²) in [6, 6.07) is 33.5. The lowest BCUT2D eigenvalue weighted by atomic mass is 10.1. The number of nitrogens with zero attached hydrogens (tertiary/aromatic N) is 8. The fraction of sp³-hybridized carbons (Fsp3) is 0.0500. The average molecular weight is 667 g/mol. The molecule has 0 aliphatic heterocycles. The van der Waals surface area contributed by atoms with Crippen molar-refractivity contribution in [3.05, 3.63) is 130 Å². The number of pyridine rings is 2. The normalized spacial score (nSPS) is 11.7. The zero-order valence-corrected chi connectivity index (χ0v) is 27.3. The Morgan fingerprint density at radius 2 is 1.00 bits per heavy atom. The maximum Gasteiger partial charge on any atom is 0.206 e. The number of hydrogen-bond acceptors (Lipinski definition) is 9. The van der Waals surface area contributed by atoms with Crippen molar-refractivity contribution < 1.29 is 14.9 Å². The van der Waals surface area contributed by atoms with Gasteiger partial charge in [-0.1, -0.05) is 24.3 Å². The third-order valence-electron chi connectivity index (χ3n) is 8.85. The predicted octanol–water partition coefficient (Wildman–Crippen LogP) is 8.35. The number of benzene rings is 4. The third-order valence-corrected chi connectivity index (χ3v) is 8.85. The van der Waals surface area contributed by atoms with Crippen LogP contribution in [0.4, 0.5) is 11.4 Å². The number of fused-ring (bicyclic) bond motifs is 6. The zero-order chi connectivity index (χ0) is 35.2. The molecule has 8 rings (SSSR count). The first-order valence-electron chi connectivity index (χ1n) is 15.9. The topological polar surface area (TPSA) is 157 Å². The van der Waals surface area contributed by atoms with Crippen LogP contribution in [0.3, 0.4) is 0 Å². The Bertz CT molecular complexity index is 2640. The van der Waals surface area contributed by atoms with Gasteiger partial charge in [-0.15, -0.1) is 0 Å². The molecule has 0 aliphatic carbocycles. The second kappa shape index (κ2) is 12.2. The molecule has 11 heteroatoms. The quantitative estimate of drug-likeness (QED) is 0.169. The summed E-state index contributed by atoms with van der Waals surface area (Å²) in [7, 11) is 0. The van der Waals surface area contributed by atoms with Crippen molar-refractivity contribution in [2.75, 3.05) is 0 Å². The summed E-state index contributed by atoms with van der Waals surface area (Å²) in [5.74, 6) is 1.09. The third kappa shape index (κ3) is 5.14. The summed E-state index contributed by atoms with van der Waals surface area (Å²) >= 11 is 0. The average Bonchev–Trinajstić information content (AvgIpc) is 3.73. The summed E-state index contributed by atoms with van der Waals surface area (Å²) in [6.07, 6.45) is 3.10. The molecule has 4 heterocycles. The number of rotatable bonds is 6. The molecule has 0 radical (unpaired) electrons. The van der Waals surface area contributed by atoms with Gasteiger partial charge in [0.25, 0.3) is 0 Å². The van der Waals surface area contributed by atoms with E-state index in [-0.39, 0.29) is 11.8 Å². The van der Waals surface area contributed by atoms with E-state index in [9.17, 15) is 20.7 Å². The zero-order valence-electron chi connectivity index (χ0n) is 27.3. The minimum Gasteiger partial charge on any atom is -0.494 e. The summed E-state index contributed by atoms with van der Waals surface area (Å²) in [6.45, 7) is 3.54. The molecule has 8 aromatic rings. The highest BCUT2D eigenvalue weighted by Gasteiger charge is 2.21. The molecule has 51 heavy (non-hydrogen) atoms. The Balaban J connectivity index is 1.00. The van der Waals surface area contributed by atoms with Crippen LogP contribution in [0.25, 0.3) is 33.4 Å². The van der Waals surface area contributed by atoms with Crippen LogP contribution in [0.5, 0.6) is 23.3 Å². The molecule has 0 amide bonds. The van der Waals surface area contributed by atoms with Gasteiger partial charge < -0.3 is 14.9 Å². The van der Waals surface area contributed by atoms with E-state index in [1.54, 1.807) is 83.6 Å². The van der Waals surface area contributed by atoms with Crippen LogP contribution in [0, 0.1) is 36.5 Å². The fourth-order valence-corrected chi connectivity index (χ4v) is 6.19. The highest BCUT2D eigenvalue weighted by Crippen LogP contribution is 2.33. The SMILES string of the molecule is Cc1c(C=Nc2ccc(Oc3ccc(N=Cc4c(C)c(C#N)c5nc6ccccc6n5c4O)cc3)cc2)c(O)n2c(nc3ccccc32)c1C#N. The van der Waals surface area contributed by atoms with Crippen molar-refractivity contribution in [3.8, 4) is 35.4 Å². The van der Waals surface area contributed by atoms with Crippen molar-refractivity contribution in [3.63, 3.8) is 0 Å². The summed E-state index contributed by atoms with van der Waals surface area (Å²) in [5.41, 5.74) is 7.57. The highest BCUT2D eigenvalue weighted by molar-refractivity contribution is 5.94. The second-order valence-electron chi connectivity index (χ2n) is 11.8. The van der Waals surface area contributed by atoms with E-state index in [1.807, 2.05) is 48.5 Å². The minimum absolute atomic E-state index is 0.0431. The van der Waals surface area contributed by atoms with E-state index in [4.69, 9.17) is 4.74 Å². The van der Waals surface area contributed by atoms with Gasteiger partial charge in [0.15, 0.2) is 11.3 Å². The number of ether oxygens (including phenoxy) is 1. The molecule has 0 saturated carbocycles.